The molecule has 6 heteroatoms. The van der Waals surface area contributed by atoms with E-state index in [0.29, 0.717) is 24.7 Å². The fraction of sp³-hybridized carbons (Fsp3) is 0.833. The van der Waals surface area contributed by atoms with Crippen molar-refractivity contribution in [3.63, 3.8) is 0 Å². The van der Waals surface area contributed by atoms with Crippen LogP contribution in [0.5, 0.6) is 0 Å². The molecule has 5 nitrogen and oxygen atoms in total. The summed E-state index contributed by atoms with van der Waals surface area (Å²) in [6.07, 6.45) is 7.00. The van der Waals surface area contributed by atoms with Crippen LogP contribution in [0.4, 0.5) is 0 Å². The maximum atomic E-state index is 13.3. The summed E-state index contributed by atoms with van der Waals surface area (Å²) >= 11 is 2.43. The van der Waals surface area contributed by atoms with Gasteiger partial charge in [0.25, 0.3) is 0 Å². The SMILES string of the molecule is CC1(C)OCC(=O)[C@]2(CC[C@H]3[C@@H]4CCC5=CC(=O)CC[C@]5(C)[C@H]4[C@@H](O)C[C@@]32CI)O1. The number of fused-ring (bicyclic) bond motifs is 6. The smallest absolute Gasteiger partial charge is 0.191 e. The van der Waals surface area contributed by atoms with Gasteiger partial charge in [0, 0.05) is 16.3 Å². The van der Waals surface area contributed by atoms with E-state index in [1.165, 1.54) is 5.57 Å². The van der Waals surface area contributed by atoms with Crippen molar-refractivity contribution in [1.29, 1.82) is 0 Å². The molecule has 0 aromatic rings. The first kappa shape index (κ1) is 21.5. The van der Waals surface area contributed by atoms with Gasteiger partial charge in [-0.05, 0) is 81.6 Å². The van der Waals surface area contributed by atoms with Crippen molar-refractivity contribution in [3.05, 3.63) is 11.6 Å². The molecule has 30 heavy (non-hydrogen) atoms. The van der Waals surface area contributed by atoms with Crippen molar-refractivity contribution < 1.29 is 24.2 Å². The highest BCUT2D eigenvalue weighted by Gasteiger charge is 2.72. The topological polar surface area (TPSA) is 72.8 Å². The van der Waals surface area contributed by atoms with Crippen molar-refractivity contribution in [1.82, 2.24) is 0 Å². The van der Waals surface area contributed by atoms with Crippen LogP contribution in [-0.4, -0.2) is 45.2 Å². The number of ether oxygens (including phenoxy) is 2. The molecule has 1 heterocycles. The van der Waals surface area contributed by atoms with E-state index in [0.717, 1.165) is 36.5 Å². The number of carbonyl (C=O) groups excluding carboxylic acids is 2. The van der Waals surface area contributed by atoms with Crippen molar-refractivity contribution in [2.75, 3.05) is 11.0 Å². The fourth-order valence-corrected chi connectivity index (χ4v) is 9.66. The Morgan fingerprint density at radius 2 is 1.93 bits per heavy atom. The van der Waals surface area contributed by atoms with Crippen LogP contribution in [0.2, 0.25) is 0 Å². The average molecular weight is 528 g/mol. The van der Waals surface area contributed by atoms with Gasteiger partial charge in [-0.3, -0.25) is 9.59 Å². The van der Waals surface area contributed by atoms with Gasteiger partial charge in [0.2, 0.25) is 0 Å². The Hall–Kier alpha value is -0.310. The van der Waals surface area contributed by atoms with Crippen LogP contribution in [0, 0.1) is 28.6 Å². The summed E-state index contributed by atoms with van der Waals surface area (Å²) in [5, 5.41) is 11.6. The molecule has 5 rings (SSSR count). The van der Waals surface area contributed by atoms with Gasteiger partial charge in [-0.25, -0.2) is 0 Å². The summed E-state index contributed by atoms with van der Waals surface area (Å²) in [5.41, 5.74) is -0.0720. The second-order valence-corrected chi connectivity index (χ2v) is 11.8. The molecule has 4 aliphatic carbocycles. The summed E-state index contributed by atoms with van der Waals surface area (Å²) in [6.45, 7) is 6.16. The second kappa shape index (κ2) is 6.84. The summed E-state index contributed by atoms with van der Waals surface area (Å²) in [4.78, 5) is 25.4. The zero-order chi connectivity index (χ0) is 21.5. The molecule has 7 atom stereocenters. The van der Waals surface area contributed by atoms with Crippen LogP contribution in [0.3, 0.4) is 0 Å². The number of ketones is 2. The largest absolute Gasteiger partial charge is 0.393 e. The lowest BCUT2D eigenvalue weighted by molar-refractivity contribution is -0.315. The zero-order valence-electron chi connectivity index (χ0n) is 18.2. The van der Waals surface area contributed by atoms with Gasteiger partial charge in [-0.15, -0.1) is 0 Å². The Kier molecular flexibility index (Phi) is 4.91. The van der Waals surface area contributed by atoms with E-state index in [9.17, 15) is 14.7 Å². The third-order valence-corrected chi connectivity index (χ3v) is 10.8. The van der Waals surface area contributed by atoms with Gasteiger partial charge in [-0.1, -0.05) is 35.1 Å². The van der Waals surface area contributed by atoms with Crippen LogP contribution >= 0.6 is 22.6 Å². The van der Waals surface area contributed by atoms with E-state index in [1.807, 2.05) is 19.9 Å². The molecule has 0 aromatic carbocycles. The van der Waals surface area contributed by atoms with Crippen LogP contribution < -0.4 is 0 Å². The number of halogens is 1. The minimum Gasteiger partial charge on any atom is -0.393 e. The van der Waals surface area contributed by atoms with Crippen LogP contribution in [0.25, 0.3) is 0 Å². The minimum atomic E-state index is -0.855. The third-order valence-electron chi connectivity index (χ3n) is 9.39. The number of Topliss-reactive ketones (excluding diaryl/α,β-unsaturated/α-hetero) is 1. The number of aliphatic hydroxyl groups excluding tert-OH is 1. The molecule has 0 unspecified atom stereocenters. The summed E-state index contributed by atoms with van der Waals surface area (Å²) in [7, 11) is 0. The molecule has 0 amide bonds. The predicted octanol–water partition coefficient (Wildman–Crippen LogP) is 4.00. The molecule has 1 spiro atoms. The fourth-order valence-electron chi connectivity index (χ4n) is 8.17. The van der Waals surface area contributed by atoms with E-state index in [2.05, 4.69) is 29.5 Å². The summed E-state index contributed by atoms with van der Waals surface area (Å²) in [5.74, 6) is 0.373. The number of hydrogen-bond donors (Lipinski definition) is 1. The Bertz CT molecular complexity index is 820. The van der Waals surface area contributed by atoms with Gasteiger partial charge in [0.1, 0.15) is 12.2 Å². The Labute approximate surface area is 192 Å². The molecule has 4 fully saturated rings. The summed E-state index contributed by atoms with van der Waals surface area (Å²) in [6, 6.07) is 0. The highest BCUT2D eigenvalue weighted by Crippen LogP contribution is 2.69. The highest BCUT2D eigenvalue weighted by atomic mass is 127. The average Bonchev–Trinajstić information content (AvgIpc) is 3.00. The van der Waals surface area contributed by atoms with E-state index in [-0.39, 0.29) is 34.9 Å². The van der Waals surface area contributed by atoms with Crippen LogP contribution in [0.15, 0.2) is 11.6 Å². The number of rotatable bonds is 1. The standard InChI is InChI=1S/C24H33IO5/c1-21(2)29-12-19(28)24(30-21)9-7-17-16-5-4-14-10-15(26)6-8-22(14,3)20(16)18(27)11-23(17,24)13-25/h10,16-18,20,27H,4-9,11-13H2,1-3H3/t16-,17-,18-,20+,22-,23+,24-/m0/s1. The monoisotopic (exact) mass is 528 g/mol. The van der Waals surface area contributed by atoms with Gasteiger partial charge < -0.3 is 14.6 Å². The molecule has 1 N–H and O–H groups in total. The van der Waals surface area contributed by atoms with E-state index in [1.54, 1.807) is 0 Å². The molecular formula is C24H33IO5. The first-order chi connectivity index (χ1) is 14.1. The van der Waals surface area contributed by atoms with Gasteiger partial charge in [0.15, 0.2) is 17.4 Å². The normalized spacial score (nSPS) is 50.0. The number of allylic oxidation sites excluding steroid dienone is 1. The number of hydrogen-bond acceptors (Lipinski definition) is 5. The van der Waals surface area contributed by atoms with Crippen molar-refractivity contribution in [2.45, 2.75) is 83.2 Å². The Morgan fingerprint density at radius 3 is 2.67 bits per heavy atom. The van der Waals surface area contributed by atoms with Crippen LogP contribution in [-0.2, 0) is 19.1 Å². The Balaban J connectivity index is 1.57. The first-order valence-electron chi connectivity index (χ1n) is 11.4. The predicted molar refractivity (Wildman–Crippen MR) is 120 cm³/mol. The molecule has 0 radical (unpaired) electrons. The van der Waals surface area contributed by atoms with Crippen molar-refractivity contribution in [2.24, 2.45) is 28.6 Å². The van der Waals surface area contributed by atoms with E-state index in [4.69, 9.17) is 9.47 Å². The summed E-state index contributed by atoms with van der Waals surface area (Å²) < 4.78 is 13.0. The van der Waals surface area contributed by atoms with Crippen molar-refractivity contribution >= 4 is 34.2 Å². The zero-order valence-corrected chi connectivity index (χ0v) is 20.4. The maximum Gasteiger partial charge on any atom is 0.191 e. The first-order valence-corrected chi connectivity index (χ1v) is 13.0. The highest BCUT2D eigenvalue weighted by molar-refractivity contribution is 14.1. The number of aliphatic hydroxyl groups is 1. The Morgan fingerprint density at radius 1 is 1.17 bits per heavy atom. The number of alkyl halides is 1. The quantitative estimate of drug-likeness (QED) is 0.412. The molecule has 1 saturated heterocycles. The molecule has 0 aromatic heterocycles. The lowest BCUT2D eigenvalue weighted by Crippen LogP contribution is -2.68. The van der Waals surface area contributed by atoms with Crippen LogP contribution in [0.1, 0.15) is 65.7 Å². The van der Waals surface area contributed by atoms with Gasteiger partial charge in [-0.2, -0.15) is 0 Å². The van der Waals surface area contributed by atoms with Crippen molar-refractivity contribution in [3.8, 4) is 0 Å². The lowest BCUT2D eigenvalue weighted by atomic mass is 9.45. The molecule has 5 aliphatic rings. The lowest BCUT2D eigenvalue weighted by Gasteiger charge is -2.62. The molecule has 3 saturated carbocycles. The molecule has 1 aliphatic heterocycles. The van der Waals surface area contributed by atoms with Gasteiger partial charge in [0.05, 0.1) is 6.10 Å². The van der Waals surface area contributed by atoms with E-state index >= 15 is 0 Å². The van der Waals surface area contributed by atoms with E-state index < -0.39 is 17.5 Å². The second-order valence-electron chi connectivity index (χ2n) is 11.0. The molecular weight excluding hydrogens is 495 g/mol. The molecule has 0 bridgehead atoms. The number of carbonyl (C=O) groups is 2. The van der Waals surface area contributed by atoms with Gasteiger partial charge >= 0.3 is 0 Å². The molecule has 166 valence electrons. The third kappa shape index (κ3) is 2.69. The minimum absolute atomic E-state index is 0.0533. The maximum absolute atomic E-state index is 13.3.